The quantitative estimate of drug-likeness (QED) is 0.848. The van der Waals surface area contributed by atoms with Crippen LogP contribution in [0.25, 0.3) is 0 Å². The smallest absolute Gasteiger partial charge is 0.283 e. The minimum Gasteiger partial charge on any atom is -0.497 e. The van der Waals surface area contributed by atoms with E-state index in [1.54, 1.807) is 37.4 Å². The van der Waals surface area contributed by atoms with Gasteiger partial charge in [0.1, 0.15) is 16.5 Å². The number of halogens is 1. The van der Waals surface area contributed by atoms with Gasteiger partial charge in [-0.05, 0) is 37.6 Å². The molecule has 0 fully saturated rings. The van der Waals surface area contributed by atoms with Crippen LogP contribution in [0.1, 0.15) is 11.1 Å². The van der Waals surface area contributed by atoms with Crippen molar-refractivity contribution < 1.29 is 14.3 Å². The Morgan fingerprint density at radius 2 is 1.80 bits per heavy atom. The number of amides is 2. The van der Waals surface area contributed by atoms with Crippen molar-refractivity contribution in [3.63, 3.8) is 0 Å². The molecule has 0 saturated heterocycles. The third kappa shape index (κ3) is 3.10. The first-order valence-electron chi connectivity index (χ1n) is 7.69. The van der Waals surface area contributed by atoms with E-state index < -0.39 is 11.8 Å². The summed E-state index contributed by atoms with van der Waals surface area (Å²) in [6.45, 7) is 3.80. The molecule has 1 aliphatic heterocycles. The highest BCUT2D eigenvalue weighted by Crippen LogP contribution is 2.32. The zero-order valence-electron chi connectivity index (χ0n) is 14.1. The molecule has 0 spiro atoms. The van der Waals surface area contributed by atoms with Crippen LogP contribution in [-0.2, 0) is 9.59 Å². The summed E-state index contributed by atoms with van der Waals surface area (Å²) >= 11 is 6.15. The number of hydrogen-bond acceptors (Lipinski definition) is 4. The second-order valence-electron chi connectivity index (χ2n) is 5.78. The van der Waals surface area contributed by atoms with E-state index >= 15 is 0 Å². The molecule has 1 aliphatic rings. The van der Waals surface area contributed by atoms with Crippen LogP contribution in [0.4, 0.5) is 11.4 Å². The predicted molar refractivity (Wildman–Crippen MR) is 97.9 cm³/mol. The van der Waals surface area contributed by atoms with Gasteiger partial charge >= 0.3 is 0 Å². The Bertz CT molecular complexity index is 905. The number of aryl methyl sites for hydroxylation is 2. The van der Waals surface area contributed by atoms with E-state index in [1.807, 2.05) is 26.0 Å². The number of rotatable bonds is 4. The van der Waals surface area contributed by atoms with Crippen molar-refractivity contribution in [1.82, 2.24) is 0 Å². The van der Waals surface area contributed by atoms with Gasteiger partial charge in [-0.2, -0.15) is 0 Å². The summed E-state index contributed by atoms with van der Waals surface area (Å²) in [6.07, 6.45) is 0. The number of carbonyl (C=O) groups is 2. The average molecular weight is 357 g/mol. The van der Waals surface area contributed by atoms with Gasteiger partial charge in [0.25, 0.3) is 11.8 Å². The summed E-state index contributed by atoms with van der Waals surface area (Å²) in [5.74, 6) is -0.390. The lowest BCUT2D eigenvalue weighted by atomic mass is 10.1. The summed E-state index contributed by atoms with van der Waals surface area (Å²) in [4.78, 5) is 26.4. The first-order chi connectivity index (χ1) is 11.9. The second kappa shape index (κ2) is 6.61. The van der Waals surface area contributed by atoms with Crippen molar-refractivity contribution in [2.24, 2.45) is 0 Å². The summed E-state index contributed by atoms with van der Waals surface area (Å²) < 4.78 is 5.16. The predicted octanol–water partition coefficient (Wildman–Crippen LogP) is 3.75. The molecule has 0 atom stereocenters. The van der Waals surface area contributed by atoms with Crippen molar-refractivity contribution in [3.8, 4) is 5.75 Å². The summed E-state index contributed by atoms with van der Waals surface area (Å²) in [6, 6.07) is 12.6. The lowest BCUT2D eigenvalue weighted by Gasteiger charge is -2.18. The maximum absolute atomic E-state index is 12.8. The van der Waals surface area contributed by atoms with Crippen molar-refractivity contribution in [2.75, 3.05) is 17.3 Å². The van der Waals surface area contributed by atoms with Crippen molar-refractivity contribution in [3.05, 3.63) is 64.3 Å². The van der Waals surface area contributed by atoms with Gasteiger partial charge in [0.2, 0.25) is 0 Å². The summed E-state index contributed by atoms with van der Waals surface area (Å²) in [5, 5.41) is 2.80. The molecule has 2 aromatic carbocycles. The van der Waals surface area contributed by atoms with Crippen molar-refractivity contribution >= 4 is 34.8 Å². The summed E-state index contributed by atoms with van der Waals surface area (Å²) in [7, 11) is 1.55. The van der Waals surface area contributed by atoms with Gasteiger partial charge in [0.05, 0.1) is 12.8 Å². The topological polar surface area (TPSA) is 58.6 Å². The number of anilines is 2. The van der Waals surface area contributed by atoms with E-state index in [0.29, 0.717) is 17.1 Å². The molecule has 0 radical (unpaired) electrons. The Balaban J connectivity index is 1.93. The SMILES string of the molecule is COc1cccc(NC2=C(Cl)C(=O)N(c3ccc(C)cc3C)C2=O)c1. The molecule has 1 N–H and O–H groups in total. The molecule has 6 heteroatoms. The minimum atomic E-state index is -0.538. The van der Waals surface area contributed by atoms with E-state index in [-0.39, 0.29) is 10.7 Å². The summed E-state index contributed by atoms with van der Waals surface area (Å²) in [5.41, 5.74) is 3.07. The Kier molecular flexibility index (Phi) is 4.51. The molecule has 0 unspecified atom stereocenters. The fraction of sp³-hybridized carbons (Fsp3) is 0.158. The number of carbonyl (C=O) groups excluding carboxylic acids is 2. The minimum absolute atomic E-state index is 0.0555. The fourth-order valence-corrected chi connectivity index (χ4v) is 2.94. The normalized spacial score (nSPS) is 14.3. The van der Waals surface area contributed by atoms with Crippen LogP contribution in [0.3, 0.4) is 0 Å². The average Bonchev–Trinajstić information content (AvgIpc) is 2.79. The Labute approximate surface area is 150 Å². The zero-order chi connectivity index (χ0) is 18.1. The highest BCUT2D eigenvalue weighted by Gasteiger charge is 2.39. The third-order valence-corrected chi connectivity index (χ3v) is 4.31. The standard InChI is InChI=1S/C19H17ClN2O3/c1-11-7-8-15(12(2)9-11)22-18(23)16(20)17(19(22)24)21-13-5-4-6-14(10-13)25-3/h4-10,21H,1-3H3. The third-order valence-electron chi connectivity index (χ3n) is 3.96. The number of methoxy groups -OCH3 is 1. The molecule has 128 valence electrons. The molecule has 25 heavy (non-hydrogen) atoms. The first kappa shape index (κ1) is 17.0. The second-order valence-corrected chi connectivity index (χ2v) is 6.16. The van der Waals surface area contributed by atoms with Gasteiger partial charge in [-0.1, -0.05) is 35.4 Å². The number of imide groups is 1. The van der Waals surface area contributed by atoms with E-state index in [1.165, 1.54) is 0 Å². The number of nitrogens with one attached hydrogen (secondary N) is 1. The van der Waals surface area contributed by atoms with Gasteiger partial charge < -0.3 is 10.1 Å². The number of benzene rings is 2. The Hall–Kier alpha value is -2.79. The molecule has 0 aliphatic carbocycles. The zero-order valence-corrected chi connectivity index (χ0v) is 14.8. The lowest BCUT2D eigenvalue weighted by molar-refractivity contribution is -0.120. The molecular formula is C19H17ClN2O3. The van der Waals surface area contributed by atoms with Crippen LogP contribution in [0.15, 0.2) is 53.2 Å². The highest BCUT2D eigenvalue weighted by atomic mass is 35.5. The van der Waals surface area contributed by atoms with Crippen LogP contribution in [-0.4, -0.2) is 18.9 Å². The molecule has 0 aromatic heterocycles. The van der Waals surface area contributed by atoms with Crippen molar-refractivity contribution in [1.29, 1.82) is 0 Å². The van der Waals surface area contributed by atoms with E-state index in [9.17, 15) is 9.59 Å². The molecular weight excluding hydrogens is 340 g/mol. The van der Waals surface area contributed by atoms with E-state index in [2.05, 4.69) is 5.32 Å². The van der Waals surface area contributed by atoms with Crippen molar-refractivity contribution in [2.45, 2.75) is 13.8 Å². The highest BCUT2D eigenvalue weighted by molar-refractivity contribution is 6.53. The van der Waals surface area contributed by atoms with Crippen LogP contribution in [0.2, 0.25) is 0 Å². The van der Waals surface area contributed by atoms with Gasteiger partial charge in [-0.25, -0.2) is 4.90 Å². The van der Waals surface area contributed by atoms with Crippen LogP contribution in [0, 0.1) is 13.8 Å². The molecule has 2 amide bonds. The lowest BCUT2D eigenvalue weighted by Crippen LogP contribution is -2.32. The van der Waals surface area contributed by atoms with Gasteiger partial charge in [0.15, 0.2) is 0 Å². The first-order valence-corrected chi connectivity index (χ1v) is 8.07. The van der Waals surface area contributed by atoms with Gasteiger partial charge in [0, 0.05) is 11.8 Å². The molecule has 0 bridgehead atoms. The van der Waals surface area contributed by atoms with E-state index in [0.717, 1.165) is 16.0 Å². The van der Waals surface area contributed by atoms with Crippen LogP contribution >= 0.6 is 11.6 Å². The molecule has 3 rings (SSSR count). The molecule has 2 aromatic rings. The maximum Gasteiger partial charge on any atom is 0.283 e. The Morgan fingerprint density at radius 3 is 2.48 bits per heavy atom. The number of hydrogen-bond donors (Lipinski definition) is 1. The van der Waals surface area contributed by atoms with Gasteiger partial charge in [-0.15, -0.1) is 0 Å². The number of nitrogens with zero attached hydrogens (tertiary/aromatic N) is 1. The molecule has 0 saturated carbocycles. The van der Waals surface area contributed by atoms with Gasteiger partial charge in [-0.3, -0.25) is 9.59 Å². The number of ether oxygens (including phenoxy) is 1. The fourth-order valence-electron chi connectivity index (χ4n) is 2.73. The van der Waals surface area contributed by atoms with Crippen LogP contribution in [0.5, 0.6) is 5.75 Å². The monoisotopic (exact) mass is 356 g/mol. The van der Waals surface area contributed by atoms with E-state index in [4.69, 9.17) is 16.3 Å². The largest absolute Gasteiger partial charge is 0.497 e. The molecule has 1 heterocycles. The maximum atomic E-state index is 12.8. The Morgan fingerprint density at radius 1 is 1.04 bits per heavy atom. The van der Waals surface area contributed by atoms with Crippen LogP contribution < -0.4 is 15.0 Å². The molecule has 5 nitrogen and oxygen atoms in total.